The highest BCUT2D eigenvalue weighted by Gasteiger charge is 2.30. The highest BCUT2D eigenvalue weighted by Crippen LogP contribution is 2.25. The Labute approximate surface area is 124 Å². The zero-order chi connectivity index (χ0) is 15.4. The number of nitrogens with one attached hydrogen (secondary N) is 1. The van der Waals surface area contributed by atoms with Crippen LogP contribution in [-0.2, 0) is 9.59 Å². The molecule has 0 spiro atoms. The van der Waals surface area contributed by atoms with Crippen LogP contribution in [0.4, 0.5) is 0 Å². The molecular formula is C17H21NO3. The minimum atomic E-state index is -0.766. The first-order valence-corrected chi connectivity index (χ1v) is 7.24. The number of hydrogen-bond acceptors (Lipinski definition) is 2. The monoisotopic (exact) mass is 287 g/mol. The Morgan fingerprint density at radius 2 is 2.05 bits per heavy atom. The van der Waals surface area contributed by atoms with Gasteiger partial charge in [-0.3, -0.25) is 9.59 Å². The van der Waals surface area contributed by atoms with E-state index in [0.717, 1.165) is 17.5 Å². The van der Waals surface area contributed by atoms with Gasteiger partial charge in [0.05, 0.1) is 5.92 Å². The molecule has 0 aliphatic heterocycles. The van der Waals surface area contributed by atoms with Crippen molar-refractivity contribution in [1.82, 2.24) is 5.32 Å². The second kappa shape index (κ2) is 6.57. The van der Waals surface area contributed by atoms with Crippen molar-refractivity contribution >= 4 is 18.0 Å². The molecule has 0 heterocycles. The zero-order valence-corrected chi connectivity index (χ0v) is 12.4. The van der Waals surface area contributed by atoms with Gasteiger partial charge in [0.2, 0.25) is 5.91 Å². The number of hydrogen-bond donors (Lipinski definition) is 2. The molecule has 1 saturated carbocycles. The molecule has 0 bridgehead atoms. The van der Waals surface area contributed by atoms with Crippen molar-refractivity contribution in [1.29, 1.82) is 0 Å². The fraction of sp³-hybridized carbons (Fsp3) is 0.412. The quantitative estimate of drug-likeness (QED) is 0.837. The van der Waals surface area contributed by atoms with Gasteiger partial charge in [0.15, 0.2) is 0 Å². The van der Waals surface area contributed by atoms with E-state index in [1.54, 1.807) is 6.08 Å². The third-order valence-electron chi connectivity index (χ3n) is 3.97. The summed E-state index contributed by atoms with van der Waals surface area (Å²) in [5.74, 6) is -1.25. The van der Waals surface area contributed by atoms with Crippen molar-refractivity contribution in [3.05, 3.63) is 41.0 Å². The smallest absolute Gasteiger partial charge is 0.306 e. The molecule has 2 N–H and O–H groups in total. The Kier molecular flexibility index (Phi) is 4.78. The minimum Gasteiger partial charge on any atom is -0.481 e. The maximum atomic E-state index is 11.9. The average molecular weight is 287 g/mol. The number of amides is 1. The molecule has 4 nitrogen and oxygen atoms in total. The summed E-state index contributed by atoms with van der Waals surface area (Å²) in [4.78, 5) is 22.8. The lowest BCUT2D eigenvalue weighted by atomic mass is 10.1. The molecule has 112 valence electrons. The standard InChI is InChI=1S/C17H21NO3/c1-11-3-4-13(12(2)9-11)6-8-16(19)18-15-7-5-14(10-15)17(20)21/h3-4,6,8-9,14-15H,5,7,10H2,1-2H3,(H,18,19)(H,20,21). The van der Waals surface area contributed by atoms with E-state index in [9.17, 15) is 9.59 Å². The summed E-state index contributed by atoms with van der Waals surface area (Å²) >= 11 is 0. The van der Waals surface area contributed by atoms with Crippen LogP contribution in [0, 0.1) is 19.8 Å². The molecule has 1 fully saturated rings. The summed E-state index contributed by atoms with van der Waals surface area (Å²) in [6.07, 6.45) is 5.22. The SMILES string of the molecule is Cc1ccc(C=CC(=O)NC2CCC(C(=O)O)C2)c(C)c1. The van der Waals surface area contributed by atoms with Gasteiger partial charge < -0.3 is 10.4 Å². The van der Waals surface area contributed by atoms with Gasteiger partial charge in [0, 0.05) is 12.1 Å². The fourth-order valence-corrected chi connectivity index (χ4v) is 2.76. The van der Waals surface area contributed by atoms with E-state index >= 15 is 0 Å². The van der Waals surface area contributed by atoms with E-state index in [4.69, 9.17) is 5.11 Å². The second-order valence-corrected chi connectivity index (χ2v) is 5.75. The third kappa shape index (κ3) is 4.18. The highest BCUT2D eigenvalue weighted by atomic mass is 16.4. The van der Waals surface area contributed by atoms with Crippen LogP contribution in [0.15, 0.2) is 24.3 Å². The number of aliphatic carboxylic acids is 1. The van der Waals surface area contributed by atoms with E-state index in [-0.39, 0.29) is 17.9 Å². The van der Waals surface area contributed by atoms with Crippen LogP contribution < -0.4 is 5.32 Å². The normalized spacial score (nSPS) is 21.6. The van der Waals surface area contributed by atoms with E-state index < -0.39 is 5.97 Å². The maximum Gasteiger partial charge on any atom is 0.306 e. The van der Waals surface area contributed by atoms with Gasteiger partial charge in [-0.15, -0.1) is 0 Å². The maximum absolute atomic E-state index is 11.9. The van der Waals surface area contributed by atoms with Crippen LogP contribution >= 0.6 is 0 Å². The van der Waals surface area contributed by atoms with Crippen LogP contribution in [0.2, 0.25) is 0 Å². The molecule has 2 rings (SSSR count). The predicted molar refractivity (Wildman–Crippen MR) is 81.9 cm³/mol. The summed E-state index contributed by atoms with van der Waals surface area (Å²) in [5.41, 5.74) is 3.34. The van der Waals surface area contributed by atoms with Gasteiger partial charge in [0.1, 0.15) is 0 Å². The first-order chi connectivity index (χ1) is 9.95. The van der Waals surface area contributed by atoms with E-state index in [2.05, 4.69) is 11.4 Å². The van der Waals surface area contributed by atoms with Crippen molar-refractivity contribution < 1.29 is 14.7 Å². The van der Waals surface area contributed by atoms with Gasteiger partial charge in [-0.05, 0) is 50.3 Å². The van der Waals surface area contributed by atoms with Crippen LogP contribution in [0.5, 0.6) is 0 Å². The van der Waals surface area contributed by atoms with E-state index in [0.29, 0.717) is 12.8 Å². The molecule has 0 aromatic heterocycles. The topological polar surface area (TPSA) is 66.4 Å². The van der Waals surface area contributed by atoms with E-state index in [1.807, 2.05) is 26.0 Å². The average Bonchev–Trinajstić information content (AvgIpc) is 2.86. The summed E-state index contributed by atoms with van der Waals surface area (Å²) in [6, 6.07) is 6.05. The van der Waals surface area contributed by atoms with Crippen LogP contribution in [-0.4, -0.2) is 23.0 Å². The van der Waals surface area contributed by atoms with Crippen LogP contribution in [0.3, 0.4) is 0 Å². The second-order valence-electron chi connectivity index (χ2n) is 5.75. The lowest BCUT2D eigenvalue weighted by Gasteiger charge is -2.10. The lowest BCUT2D eigenvalue weighted by Crippen LogP contribution is -2.31. The minimum absolute atomic E-state index is 0.0256. The Morgan fingerprint density at radius 3 is 2.67 bits per heavy atom. The molecule has 0 radical (unpaired) electrons. The lowest BCUT2D eigenvalue weighted by molar-refractivity contribution is -0.141. The molecule has 2 atom stereocenters. The van der Waals surface area contributed by atoms with Crippen molar-refractivity contribution in [2.75, 3.05) is 0 Å². The number of carbonyl (C=O) groups excluding carboxylic acids is 1. The van der Waals surface area contributed by atoms with Crippen molar-refractivity contribution in [2.45, 2.75) is 39.2 Å². The number of carbonyl (C=O) groups is 2. The van der Waals surface area contributed by atoms with Gasteiger partial charge in [-0.25, -0.2) is 0 Å². The van der Waals surface area contributed by atoms with Crippen molar-refractivity contribution in [3.63, 3.8) is 0 Å². The van der Waals surface area contributed by atoms with Gasteiger partial charge in [-0.1, -0.05) is 23.8 Å². The van der Waals surface area contributed by atoms with Gasteiger partial charge >= 0.3 is 5.97 Å². The fourth-order valence-electron chi connectivity index (χ4n) is 2.76. The first-order valence-electron chi connectivity index (χ1n) is 7.24. The Hall–Kier alpha value is -2.10. The predicted octanol–water partition coefficient (Wildman–Crippen LogP) is 2.69. The Bertz CT molecular complexity index is 577. The third-order valence-corrected chi connectivity index (χ3v) is 3.97. The largest absolute Gasteiger partial charge is 0.481 e. The molecule has 4 heteroatoms. The number of aryl methyl sites for hydroxylation is 2. The summed E-state index contributed by atoms with van der Waals surface area (Å²) in [5, 5.41) is 11.8. The number of rotatable bonds is 4. The molecule has 1 amide bonds. The number of carboxylic acid groups (broad SMARTS) is 1. The van der Waals surface area contributed by atoms with Crippen molar-refractivity contribution in [3.8, 4) is 0 Å². The number of benzene rings is 1. The van der Waals surface area contributed by atoms with Crippen molar-refractivity contribution in [2.24, 2.45) is 5.92 Å². The summed E-state index contributed by atoms with van der Waals surface area (Å²) < 4.78 is 0. The Balaban J connectivity index is 1.90. The van der Waals surface area contributed by atoms with Gasteiger partial charge in [0.25, 0.3) is 0 Å². The van der Waals surface area contributed by atoms with E-state index in [1.165, 1.54) is 11.6 Å². The number of carboxylic acids is 1. The molecule has 21 heavy (non-hydrogen) atoms. The zero-order valence-electron chi connectivity index (χ0n) is 12.4. The molecule has 1 aromatic rings. The molecule has 1 aromatic carbocycles. The molecular weight excluding hydrogens is 266 g/mol. The Morgan fingerprint density at radius 1 is 1.29 bits per heavy atom. The first kappa shape index (κ1) is 15.3. The van der Waals surface area contributed by atoms with Crippen LogP contribution in [0.1, 0.15) is 36.0 Å². The molecule has 1 aliphatic carbocycles. The molecule has 2 unspecified atom stereocenters. The molecule has 0 saturated heterocycles. The summed E-state index contributed by atoms with van der Waals surface area (Å²) in [6.45, 7) is 4.05. The van der Waals surface area contributed by atoms with Gasteiger partial charge in [-0.2, -0.15) is 0 Å². The van der Waals surface area contributed by atoms with Crippen LogP contribution in [0.25, 0.3) is 6.08 Å². The molecule has 1 aliphatic rings. The summed E-state index contributed by atoms with van der Waals surface area (Å²) in [7, 11) is 0. The highest BCUT2D eigenvalue weighted by molar-refractivity contribution is 5.92.